The van der Waals surface area contributed by atoms with E-state index in [4.69, 9.17) is 0 Å². The van der Waals surface area contributed by atoms with Crippen molar-refractivity contribution in [3.63, 3.8) is 0 Å². The van der Waals surface area contributed by atoms with Crippen molar-refractivity contribution in [3.8, 4) is 0 Å². The molecular weight excluding hydrogens is 474 g/mol. The molecule has 1 atom stereocenters. The van der Waals surface area contributed by atoms with Crippen LogP contribution in [0.25, 0.3) is 0 Å². The number of carbonyl (C=O) groups is 1. The van der Waals surface area contributed by atoms with E-state index in [2.05, 4.69) is 10.0 Å². The maximum atomic E-state index is 12.8. The molecule has 0 aromatic heterocycles. The Morgan fingerprint density at radius 1 is 0.824 bits per heavy atom. The van der Waals surface area contributed by atoms with Crippen molar-refractivity contribution in [1.29, 1.82) is 0 Å². The summed E-state index contributed by atoms with van der Waals surface area (Å²) in [4.78, 5) is 12.9. The zero-order chi connectivity index (χ0) is 25.1. The van der Waals surface area contributed by atoms with Gasteiger partial charge < -0.3 is 5.32 Å². The number of rotatable bonds is 8. The molecule has 0 radical (unpaired) electrons. The average Bonchev–Trinajstić information content (AvgIpc) is 2.74. The number of hydrogen-bond donors (Lipinski definition) is 2. The van der Waals surface area contributed by atoms with E-state index in [0.717, 1.165) is 21.7 Å². The summed E-state index contributed by atoms with van der Waals surface area (Å²) in [6.45, 7) is 5.23. The smallest absolute Gasteiger partial charge is 0.261 e. The molecule has 0 aliphatic heterocycles. The lowest BCUT2D eigenvalue weighted by Crippen LogP contribution is -2.45. The number of benzene rings is 3. The Labute approximate surface area is 200 Å². The first-order valence-corrected chi connectivity index (χ1v) is 13.8. The number of nitrogens with zero attached hydrogens (tertiary/aromatic N) is 1. The topological polar surface area (TPSA) is 113 Å². The Bertz CT molecular complexity index is 1390. The van der Waals surface area contributed by atoms with E-state index in [-0.39, 0.29) is 4.90 Å². The zero-order valence-corrected chi connectivity index (χ0v) is 20.9. The maximum Gasteiger partial charge on any atom is 0.261 e. The molecule has 180 valence electrons. The van der Waals surface area contributed by atoms with Gasteiger partial charge in [-0.25, -0.2) is 16.8 Å². The van der Waals surface area contributed by atoms with Crippen LogP contribution in [0.2, 0.25) is 0 Å². The number of amides is 1. The van der Waals surface area contributed by atoms with Crippen molar-refractivity contribution in [2.75, 3.05) is 20.6 Å². The molecule has 0 heterocycles. The average molecular weight is 502 g/mol. The summed E-state index contributed by atoms with van der Waals surface area (Å²) in [5.74, 6) is -0.556. The van der Waals surface area contributed by atoms with Gasteiger partial charge in [0.05, 0.1) is 16.8 Å². The van der Waals surface area contributed by atoms with Crippen LogP contribution >= 0.6 is 0 Å². The summed E-state index contributed by atoms with van der Waals surface area (Å²) in [5, 5.41) is 2.65. The molecule has 3 aromatic rings. The molecule has 0 saturated heterocycles. The summed E-state index contributed by atoms with van der Waals surface area (Å²) in [6, 6.07) is 18.4. The lowest BCUT2D eigenvalue weighted by molar-refractivity contribution is -0.116. The molecule has 3 rings (SSSR count). The monoisotopic (exact) mass is 501 g/mol. The third-order valence-electron chi connectivity index (χ3n) is 5.08. The minimum Gasteiger partial charge on any atom is -0.324 e. The van der Waals surface area contributed by atoms with Crippen molar-refractivity contribution < 1.29 is 21.6 Å². The van der Waals surface area contributed by atoms with Gasteiger partial charge in [0.1, 0.15) is 6.04 Å². The predicted octanol–water partition coefficient (Wildman–Crippen LogP) is 3.90. The third-order valence-corrected chi connectivity index (χ3v) is 7.72. The Morgan fingerprint density at radius 2 is 1.44 bits per heavy atom. The molecule has 0 aliphatic carbocycles. The molecule has 2 N–H and O–H groups in total. The van der Waals surface area contributed by atoms with Crippen LogP contribution < -0.4 is 14.3 Å². The Morgan fingerprint density at radius 3 is 2.00 bits per heavy atom. The van der Waals surface area contributed by atoms with Crippen LogP contribution in [0.4, 0.5) is 17.1 Å². The van der Waals surface area contributed by atoms with Crippen LogP contribution in [0.15, 0.2) is 77.7 Å². The quantitative estimate of drug-likeness (QED) is 0.486. The van der Waals surface area contributed by atoms with E-state index in [1.54, 1.807) is 42.5 Å². The van der Waals surface area contributed by atoms with E-state index in [0.29, 0.717) is 17.1 Å². The van der Waals surface area contributed by atoms with Gasteiger partial charge in [0, 0.05) is 11.4 Å². The summed E-state index contributed by atoms with van der Waals surface area (Å²) >= 11 is 0. The first kappa shape index (κ1) is 25.3. The van der Waals surface area contributed by atoms with Crippen LogP contribution in [0, 0.1) is 13.8 Å². The summed E-state index contributed by atoms with van der Waals surface area (Å²) < 4.78 is 53.7. The second kappa shape index (κ2) is 9.86. The minimum absolute atomic E-state index is 0.0254. The highest BCUT2D eigenvalue weighted by atomic mass is 32.2. The molecule has 10 heteroatoms. The van der Waals surface area contributed by atoms with Gasteiger partial charge in [-0.3, -0.25) is 13.8 Å². The van der Waals surface area contributed by atoms with Crippen molar-refractivity contribution >= 4 is 43.0 Å². The second-order valence-corrected chi connectivity index (χ2v) is 11.6. The number of nitrogens with one attached hydrogen (secondary N) is 2. The van der Waals surface area contributed by atoms with Gasteiger partial charge in [-0.2, -0.15) is 0 Å². The summed E-state index contributed by atoms with van der Waals surface area (Å²) in [6.07, 6.45) is 1.04. The second-order valence-electron chi connectivity index (χ2n) is 8.06. The van der Waals surface area contributed by atoms with E-state index >= 15 is 0 Å². The molecule has 0 spiro atoms. The molecule has 0 fully saturated rings. The molecule has 8 nitrogen and oxygen atoms in total. The molecule has 0 aliphatic rings. The first-order valence-electron chi connectivity index (χ1n) is 10.4. The summed E-state index contributed by atoms with van der Waals surface area (Å²) in [5.41, 5.74) is 3.04. The number of anilines is 3. The van der Waals surface area contributed by atoms with E-state index < -0.39 is 32.0 Å². The van der Waals surface area contributed by atoms with Crippen LogP contribution in [0.1, 0.15) is 18.1 Å². The number of sulfonamides is 2. The first-order chi connectivity index (χ1) is 15.9. The van der Waals surface area contributed by atoms with E-state index in [9.17, 15) is 21.6 Å². The van der Waals surface area contributed by atoms with E-state index in [1.165, 1.54) is 31.2 Å². The summed E-state index contributed by atoms with van der Waals surface area (Å²) in [7, 11) is -7.56. The molecule has 0 bridgehead atoms. The number of aryl methyl sites for hydroxylation is 2. The van der Waals surface area contributed by atoms with Crippen molar-refractivity contribution in [2.24, 2.45) is 0 Å². The Balaban J connectivity index is 1.76. The fourth-order valence-corrected chi connectivity index (χ4v) is 5.61. The molecule has 3 aromatic carbocycles. The predicted molar refractivity (Wildman–Crippen MR) is 135 cm³/mol. The van der Waals surface area contributed by atoms with Crippen LogP contribution in [0.5, 0.6) is 0 Å². The van der Waals surface area contributed by atoms with Gasteiger partial charge in [-0.1, -0.05) is 29.8 Å². The molecule has 0 unspecified atom stereocenters. The van der Waals surface area contributed by atoms with Gasteiger partial charge >= 0.3 is 0 Å². The van der Waals surface area contributed by atoms with Gasteiger partial charge in [0.2, 0.25) is 15.9 Å². The maximum absolute atomic E-state index is 12.8. The van der Waals surface area contributed by atoms with Gasteiger partial charge in [-0.15, -0.1) is 0 Å². The van der Waals surface area contributed by atoms with Crippen molar-refractivity contribution in [1.82, 2.24) is 0 Å². The van der Waals surface area contributed by atoms with Gasteiger partial charge in [0.25, 0.3) is 10.0 Å². The highest BCUT2D eigenvalue weighted by Gasteiger charge is 2.29. The highest BCUT2D eigenvalue weighted by molar-refractivity contribution is 7.92. The van der Waals surface area contributed by atoms with Crippen LogP contribution in [0.3, 0.4) is 0 Å². The fraction of sp³-hybridized carbons (Fsp3) is 0.208. The molecule has 1 amide bonds. The molecule has 34 heavy (non-hydrogen) atoms. The lowest BCUT2D eigenvalue weighted by atomic mass is 10.2. The lowest BCUT2D eigenvalue weighted by Gasteiger charge is -2.28. The largest absolute Gasteiger partial charge is 0.324 e. The fourth-order valence-electron chi connectivity index (χ4n) is 3.39. The van der Waals surface area contributed by atoms with Crippen molar-refractivity contribution in [2.45, 2.75) is 31.7 Å². The number of hydrogen-bond acceptors (Lipinski definition) is 5. The molecule has 0 saturated carbocycles. The SMILES string of the molecule is Cc1ccc(N([C@@H](C)C(=O)Nc2ccc(S(=O)(=O)Nc3cccc(C)c3)cc2)S(C)(=O)=O)cc1. The third kappa shape index (κ3) is 6.15. The van der Waals surface area contributed by atoms with Gasteiger partial charge in [0.15, 0.2) is 0 Å². The normalized spacial score (nSPS) is 12.6. The Kier molecular flexibility index (Phi) is 7.32. The highest BCUT2D eigenvalue weighted by Crippen LogP contribution is 2.23. The zero-order valence-electron chi connectivity index (χ0n) is 19.3. The standard InChI is InChI=1S/C24H27N3O5S2/c1-17-8-12-22(13-9-17)27(33(4,29)30)19(3)24(28)25-20-10-14-23(15-11-20)34(31,32)26-21-7-5-6-18(2)16-21/h5-16,19,26H,1-4H3,(H,25,28)/t19-/m0/s1. The Hall–Kier alpha value is -3.37. The molecular formula is C24H27N3O5S2. The van der Waals surface area contributed by atoms with Crippen LogP contribution in [-0.4, -0.2) is 35.0 Å². The van der Waals surface area contributed by atoms with Gasteiger partial charge in [-0.05, 0) is 74.9 Å². The van der Waals surface area contributed by atoms with Crippen molar-refractivity contribution in [3.05, 3.63) is 83.9 Å². The van der Waals surface area contributed by atoms with E-state index in [1.807, 2.05) is 19.9 Å². The number of carbonyl (C=O) groups excluding carboxylic acids is 1. The van der Waals surface area contributed by atoms with Crippen LogP contribution in [-0.2, 0) is 24.8 Å². The minimum atomic E-state index is -3.81.